The molecule has 0 fully saturated rings. The van der Waals surface area contributed by atoms with Crippen LogP contribution in [0.2, 0.25) is 0 Å². The standard InChI is InChI=1S/C15H15F3N4O2/c1-14(2,3)10-5-4-9(7-19)13(20-10)23-8-12-21-11(22-24-12)6-15(16,17)18/h4-5H,6,8H2,1-3H3. The molecular weight excluding hydrogens is 325 g/mol. The summed E-state index contributed by atoms with van der Waals surface area (Å²) < 4.78 is 46.9. The van der Waals surface area contributed by atoms with E-state index in [0.29, 0.717) is 5.69 Å². The first kappa shape index (κ1) is 17.7. The first-order valence-electron chi connectivity index (χ1n) is 7.01. The topological polar surface area (TPSA) is 84.8 Å². The normalized spacial score (nSPS) is 12.0. The largest absolute Gasteiger partial charge is 0.467 e. The van der Waals surface area contributed by atoms with Crippen molar-refractivity contribution in [2.45, 2.75) is 45.4 Å². The molecule has 0 saturated carbocycles. The van der Waals surface area contributed by atoms with E-state index in [1.165, 1.54) is 0 Å². The molecule has 0 atom stereocenters. The molecule has 0 amide bonds. The lowest BCUT2D eigenvalue weighted by Crippen LogP contribution is -2.14. The molecular formula is C15H15F3N4O2. The van der Waals surface area contributed by atoms with E-state index in [0.717, 1.165) is 0 Å². The Kier molecular flexibility index (Phi) is 4.78. The SMILES string of the molecule is CC(C)(C)c1ccc(C#N)c(OCc2nc(CC(F)(F)F)no2)n1. The molecule has 6 nitrogen and oxygen atoms in total. The zero-order chi connectivity index (χ0) is 18.0. The molecule has 2 heterocycles. The number of hydrogen-bond acceptors (Lipinski definition) is 6. The molecule has 0 spiro atoms. The molecule has 0 radical (unpaired) electrons. The number of pyridine rings is 1. The number of rotatable bonds is 4. The molecule has 0 aliphatic carbocycles. The number of nitriles is 1. The van der Waals surface area contributed by atoms with Crippen LogP contribution >= 0.6 is 0 Å². The average Bonchev–Trinajstić information content (AvgIpc) is 2.89. The van der Waals surface area contributed by atoms with Gasteiger partial charge in [0.2, 0.25) is 5.88 Å². The molecule has 0 unspecified atom stereocenters. The second kappa shape index (κ2) is 6.47. The average molecular weight is 340 g/mol. The Morgan fingerprint density at radius 3 is 2.50 bits per heavy atom. The summed E-state index contributed by atoms with van der Waals surface area (Å²) >= 11 is 0. The van der Waals surface area contributed by atoms with Crippen LogP contribution in [0.25, 0.3) is 0 Å². The Bertz CT molecular complexity index is 757. The number of alkyl halides is 3. The summed E-state index contributed by atoms with van der Waals surface area (Å²) in [5.41, 5.74) is 0.661. The Labute approximate surface area is 136 Å². The highest BCUT2D eigenvalue weighted by atomic mass is 19.4. The van der Waals surface area contributed by atoms with Gasteiger partial charge in [0.25, 0.3) is 5.89 Å². The molecule has 0 N–H and O–H groups in total. The fourth-order valence-corrected chi connectivity index (χ4v) is 1.78. The van der Waals surface area contributed by atoms with Crippen molar-refractivity contribution >= 4 is 0 Å². The Morgan fingerprint density at radius 1 is 1.21 bits per heavy atom. The van der Waals surface area contributed by atoms with Gasteiger partial charge in [-0.15, -0.1) is 0 Å². The van der Waals surface area contributed by atoms with Gasteiger partial charge in [0.1, 0.15) is 18.1 Å². The van der Waals surface area contributed by atoms with Crippen LogP contribution in [0.15, 0.2) is 16.7 Å². The zero-order valence-electron chi connectivity index (χ0n) is 13.3. The van der Waals surface area contributed by atoms with Gasteiger partial charge < -0.3 is 9.26 Å². The summed E-state index contributed by atoms with van der Waals surface area (Å²) in [6, 6.07) is 5.24. The summed E-state index contributed by atoms with van der Waals surface area (Å²) in [5, 5.41) is 12.3. The Balaban J connectivity index is 2.13. The van der Waals surface area contributed by atoms with E-state index < -0.39 is 18.4 Å². The van der Waals surface area contributed by atoms with Crippen LogP contribution in [0.3, 0.4) is 0 Å². The molecule has 0 aliphatic heterocycles. The maximum atomic E-state index is 12.3. The van der Waals surface area contributed by atoms with Crippen molar-refractivity contribution < 1.29 is 22.4 Å². The highest BCUT2D eigenvalue weighted by Crippen LogP contribution is 2.25. The van der Waals surface area contributed by atoms with Gasteiger partial charge in [0.05, 0.1) is 0 Å². The van der Waals surface area contributed by atoms with E-state index in [4.69, 9.17) is 14.5 Å². The van der Waals surface area contributed by atoms with Crippen LogP contribution in [-0.2, 0) is 18.4 Å². The van der Waals surface area contributed by atoms with Crippen LogP contribution in [0, 0.1) is 11.3 Å². The number of halogens is 3. The number of aromatic nitrogens is 3. The molecule has 2 rings (SSSR count). The second-order valence-corrected chi connectivity index (χ2v) is 6.10. The molecule has 2 aromatic heterocycles. The third kappa shape index (κ3) is 4.68. The quantitative estimate of drug-likeness (QED) is 0.849. The van der Waals surface area contributed by atoms with Gasteiger partial charge in [-0.2, -0.15) is 23.4 Å². The van der Waals surface area contributed by atoms with E-state index in [2.05, 4.69) is 15.1 Å². The lowest BCUT2D eigenvalue weighted by Gasteiger charge is -2.18. The van der Waals surface area contributed by atoms with Gasteiger partial charge >= 0.3 is 6.18 Å². The van der Waals surface area contributed by atoms with Gasteiger partial charge in [0.15, 0.2) is 12.4 Å². The van der Waals surface area contributed by atoms with Gasteiger partial charge in [-0.05, 0) is 12.1 Å². The van der Waals surface area contributed by atoms with Gasteiger partial charge in [0, 0.05) is 11.1 Å². The number of nitrogens with zero attached hydrogens (tertiary/aromatic N) is 4. The lowest BCUT2D eigenvalue weighted by atomic mass is 9.91. The Morgan fingerprint density at radius 2 is 1.92 bits per heavy atom. The van der Waals surface area contributed by atoms with Gasteiger partial charge in [-0.1, -0.05) is 25.9 Å². The number of ether oxygens (including phenoxy) is 1. The fourth-order valence-electron chi connectivity index (χ4n) is 1.78. The van der Waals surface area contributed by atoms with Crippen molar-refractivity contribution in [3.63, 3.8) is 0 Å². The van der Waals surface area contributed by atoms with E-state index in [-0.39, 0.29) is 29.4 Å². The minimum absolute atomic E-state index is 0.0699. The summed E-state index contributed by atoms with van der Waals surface area (Å²) in [5.74, 6) is -0.528. The van der Waals surface area contributed by atoms with Crippen LogP contribution in [0.1, 0.15) is 43.7 Å². The van der Waals surface area contributed by atoms with Crippen LogP contribution in [-0.4, -0.2) is 21.3 Å². The van der Waals surface area contributed by atoms with E-state index in [1.807, 2.05) is 26.8 Å². The third-order valence-corrected chi connectivity index (χ3v) is 2.95. The Hall–Kier alpha value is -2.63. The number of hydrogen-bond donors (Lipinski definition) is 0. The molecule has 128 valence electrons. The van der Waals surface area contributed by atoms with Gasteiger partial charge in [-0.3, -0.25) is 0 Å². The summed E-state index contributed by atoms with van der Waals surface area (Å²) in [4.78, 5) is 7.89. The van der Waals surface area contributed by atoms with E-state index in [1.54, 1.807) is 12.1 Å². The molecule has 0 bridgehead atoms. The third-order valence-electron chi connectivity index (χ3n) is 2.95. The smallest absolute Gasteiger partial charge is 0.396 e. The molecule has 24 heavy (non-hydrogen) atoms. The highest BCUT2D eigenvalue weighted by Gasteiger charge is 2.30. The zero-order valence-corrected chi connectivity index (χ0v) is 13.3. The van der Waals surface area contributed by atoms with E-state index >= 15 is 0 Å². The molecule has 0 aromatic carbocycles. The summed E-state index contributed by atoms with van der Waals surface area (Å²) in [7, 11) is 0. The van der Waals surface area contributed by atoms with Crippen LogP contribution in [0.5, 0.6) is 5.88 Å². The van der Waals surface area contributed by atoms with Crippen molar-refractivity contribution in [1.29, 1.82) is 5.26 Å². The minimum Gasteiger partial charge on any atom is -0.467 e. The predicted octanol–water partition coefficient (Wildman–Crippen LogP) is 3.32. The first-order valence-corrected chi connectivity index (χ1v) is 7.01. The summed E-state index contributed by atoms with van der Waals surface area (Å²) in [6.45, 7) is 5.58. The van der Waals surface area contributed by atoms with E-state index in [9.17, 15) is 13.2 Å². The summed E-state index contributed by atoms with van der Waals surface area (Å²) in [6.07, 6.45) is -5.70. The monoisotopic (exact) mass is 340 g/mol. The second-order valence-electron chi connectivity index (χ2n) is 6.10. The lowest BCUT2D eigenvalue weighted by molar-refractivity contribution is -0.128. The molecule has 0 saturated heterocycles. The van der Waals surface area contributed by atoms with Crippen molar-refractivity contribution in [3.8, 4) is 11.9 Å². The van der Waals surface area contributed by atoms with Crippen molar-refractivity contribution in [3.05, 3.63) is 35.1 Å². The maximum Gasteiger partial charge on any atom is 0.396 e. The molecule has 2 aromatic rings. The highest BCUT2D eigenvalue weighted by molar-refractivity contribution is 5.39. The van der Waals surface area contributed by atoms with Crippen LogP contribution < -0.4 is 4.74 Å². The van der Waals surface area contributed by atoms with Crippen LogP contribution in [0.4, 0.5) is 13.2 Å². The fraction of sp³-hybridized carbons (Fsp3) is 0.467. The molecule has 0 aliphatic rings. The minimum atomic E-state index is -4.42. The van der Waals surface area contributed by atoms with Crippen molar-refractivity contribution in [2.75, 3.05) is 0 Å². The van der Waals surface area contributed by atoms with Crippen molar-refractivity contribution in [1.82, 2.24) is 15.1 Å². The molecule has 9 heteroatoms. The van der Waals surface area contributed by atoms with Gasteiger partial charge in [-0.25, -0.2) is 4.98 Å². The van der Waals surface area contributed by atoms with Crippen molar-refractivity contribution in [2.24, 2.45) is 0 Å². The predicted molar refractivity (Wildman–Crippen MR) is 76.0 cm³/mol. The maximum absolute atomic E-state index is 12.3. The first-order chi connectivity index (χ1) is 11.1.